The fourth-order valence-electron chi connectivity index (χ4n) is 2.88. The van der Waals surface area contributed by atoms with Gasteiger partial charge in [-0.15, -0.1) is 0 Å². The van der Waals surface area contributed by atoms with Crippen molar-refractivity contribution in [2.24, 2.45) is 0 Å². The zero-order valence-corrected chi connectivity index (χ0v) is 15.5. The largest absolute Gasteiger partial charge is 0.493 e. The minimum Gasteiger partial charge on any atom is -0.493 e. The van der Waals surface area contributed by atoms with Crippen molar-refractivity contribution in [3.05, 3.63) is 78.4 Å². The highest BCUT2D eigenvalue weighted by Crippen LogP contribution is 2.25. The molecule has 1 aromatic heterocycles. The Hall–Kier alpha value is -3.60. The van der Waals surface area contributed by atoms with Crippen LogP contribution in [0.5, 0.6) is 5.75 Å². The van der Waals surface area contributed by atoms with Crippen molar-refractivity contribution in [2.45, 2.75) is 13.3 Å². The smallest absolute Gasteiger partial charge is 0.227 e. The number of hydrogen-bond donors (Lipinski definition) is 1. The number of aryl methyl sites for hydroxylation is 1. The van der Waals surface area contributed by atoms with Gasteiger partial charge in [-0.05, 0) is 61.0 Å². The van der Waals surface area contributed by atoms with Crippen molar-refractivity contribution in [1.29, 1.82) is 0 Å². The molecule has 5 heteroatoms. The van der Waals surface area contributed by atoms with Crippen molar-refractivity contribution in [1.82, 2.24) is 4.98 Å². The van der Waals surface area contributed by atoms with Crippen LogP contribution in [0, 0.1) is 6.92 Å². The van der Waals surface area contributed by atoms with Gasteiger partial charge in [0, 0.05) is 11.3 Å². The quantitative estimate of drug-likeness (QED) is 0.504. The lowest BCUT2D eigenvalue weighted by Gasteiger charge is -2.08. The lowest BCUT2D eigenvalue weighted by Crippen LogP contribution is -2.15. The number of hydrogen-bond acceptors (Lipinski definition) is 4. The average molecular weight is 372 g/mol. The predicted molar refractivity (Wildman–Crippen MR) is 109 cm³/mol. The minimum absolute atomic E-state index is 0.0951. The third kappa shape index (κ3) is 4.20. The normalized spacial score (nSPS) is 10.8. The lowest BCUT2D eigenvalue weighted by molar-refractivity contribution is -0.116. The van der Waals surface area contributed by atoms with Crippen LogP contribution in [-0.2, 0) is 4.79 Å². The molecular formula is C23H20N2O3. The summed E-state index contributed by atoms with van der Waals surface area (Å²) < 4.78 is 11.4. The second-order valence-electron chi connectivity index (χ2n) is 6.53. The Morgan fingerprint density at radius 3 is 2.64 bits per heavy atom. The fourth-order valence-corrected chi connectivity index (χ4v) is 2.88. The van der Waals surface area contributed by atoms with Gasteiger partial charge in [-0.1, -0.05) is 24.3 Å². The molecule has 4 aromatic rings. The van der Waals surface area contributed by atoms with Gasteiger partial charge in [0.05, 0.1) is 13.0 Å². The number of anilines is 1. The van der Waals surface area contributed by atoms with E-state index >= 15 is 0 Å². The summed E-state index contributed by atoms with van der Waals surface area (Å²) in [6.07, 6.45) is 0.279. The molecule has 0 aliphatic heterocycles. The van der Waals surface area contributed by atoms with Crippen LogP contribution in [0.15, 0.2) is 77.2 Å². The van der Waals surface area contributed by atoms with Gasteiger partial charge in [0.15, 0.2) is 5.58 Å². The molecule has 0 saturated carbocycles. The molecule has 140 valence electrons. The van der Waals surface area contributed by atoms with E-state index in [0.29, 0.717) is 12.5 Å². The van der Waals surface area contributed by atoms with Crippen LogP contribution in [0.4, 0.5) is 5.69 Å². The van der Waals surface area contributed by atoms with Gasteiger partial charge in [-0.25, -0.2) is 4.98 Å². The number of ether oxygens (including phenoxy) is 1. The predicted octanol–water partition coefficient (Wildman–Crippen LogP) is 5.21. The van der Waals surface area contributed by atoms with Gasteiger partial charge in [0.1, 0.15) is 11.3 Å². The number of para-hydroxylation sites is 2. The Kier molecular flexibility index (Phi) is 5.06. The van der Waals surface area contributed by atoms with Crippen molar-refractivity contribution in [2.75, 3.05) is 11.9 Å². The van der Waals surface area contributed by atoms with Crippen LogP contribution in [0.25, 0.3) is 22.6 Å². The van der Waals surface area contributed by atoms with E-state index in [9.17, 15) is 4.79 Å². The maximum atomic E-state index is 12.1. The number of aromatic nitrogens is 1. The number of benzene rings is 3. The maximum absolute atomic E-state index is 12.1. The summed E-state index contributed by atoms with van der Waals surface area (Å²) in [7, 11) is 0. The van der Waals surface area contributed by atoms with Gasteiger partial charge in [-0.2, -0.15) is 0 Å². The van der Waals surface area contributed by atoms with E-state index in [-0.39, 0.29) is 12.3 Å². The Balaban J connectivity index is 1.33. The summed E-state index contributed by atoms with van der Waals surface area (Å²) in [5.74, 6) is 1.24. The minimum atomic E-state index is -0.0951. The molecule has 0 atom stereocenters. The molecule has 0 saturated heterocycles. The van der Waals surface area contributed by atoms with Crippen LogP contribution in [0.1, 0.15) is 12.0 Å². The van der Waals surface area contributed by atoms with Crippen molar-refractivity contribution < 1.29 is 13.9 Å². The van der Waals surface area contributed by atoms with E-state index in [1.54, 1.807) is 0 Å². The second kappa shape index (κ2) is 7.96. The molecule has 0 spiro atoms. The summed E-state index contributed by atoms with van der Waals surface area (Å²) in [6.45, 7) is 2.33. The third-order valence-corrected chi connectivity index (χ3v) is 4.30. The summed E-state index contributed by atoms with van der Waals surface area (Å²) >= 11 is 0. The molecule has 0 aliphatic carbocycles. The molecule has 0 bridgehead atoms. The number of rotatable bonds is 6. The summed E-state index contributed by atoms with van der Waals surface area (Å²) in [4.78, 5) is 16.6. The molecule has 1 amide bonds. The van der Waals surface area contributed by atoms with E-state index in [0.717, 1.165) is 33.7 Å². The van der Waals surface area contributed by atoms with Crippen LogP contribution in [0.2, 0.25) is 0 Å². The van der Waals surface area contributed by atoms with E-state index in [1.807, 2.05) is 79.7 Å². The number of carbonyl (C=O) groups is 1. The Morgan fingerprint density at radius 1 is 1.04 bits per heavy atom. The van der Waals surface area contributed by atoms with E-state index in [2.05, 4.69) is 10.3 Å². The van der Waals surface area contributed by atoms with Crippen LogP contribution < -0.4 is 10.1 Å². The Labute approximate surface area is 163 Å². The van der Waals surface area contributed by atoms with Gasteiger partial charge >= 0.3 is 0 Å². The van der Waals surface area contributed by atoms with Gasteiger partial charge in [-0.3, -0.25) is 4.79 Å². The van der Waals surface area contributed by atoms with Crippen LogP contribution in [0.3, 0.4) is 0 Å². The highest BCUT2D eigenvalue weighted by molar-refractivity contribution is 5.91. The van der Waals surface area contributed by atoms with Gasteiger partial charge in [0.25, 0.3) is 0 Å². The van der Waals surface area contributed by atoms with Gasteiger partial charge in [0.2, 0.25) is 11.8 Å². The molecule has 28 heavy (non-hydrogen) atoms. The monoisotopic (exact) mass is 372 g/mol. The molecule has 0 radical (unpaired) electrons. The number of oxazole rings is 1. The Bertz CT molecular complexity index is 1070. The van der Waals surface area contributed by atoms with Crippen molar-refractivity contribution in [3.63, 3.8) is 0 Å². The second-order valence-corrected chi connectivity index (χ2v) is 6.53. The number of fused-ring (bicyclic) bond motifs is 1. The van der Waals surface area contributed by atoms with E-state index < -0.39 is 0 Å². The summed E-state index contributed by atoms with van der Waals surface area (Å²) in [6, 6.07) is 22.8. The first kappa shape index (κ1) is 17.8. The van der Waals surface area contributed by atoms with Crippen molar-refractivity contribution >= 4 is 22.7 Å². The summed E-state index contributed by atoms with van der Waals surface area (Å²) in [5, 5.41) is 2.87. The number of nitrogens with zero attached hydrogens (tertiary/aromatic N) is 1. The number of nitrogens with one attached hydrogen (secondary N) is 1. The highest BCUT2D eigenvalue weighted by Gasteiger charge is 2.08. The van der Waals surface area contributed by atoms with Crippen LogP contribution in [-0.4, -0.2) is 17.5 Å². The zero-order chi connectivity index (χ0) is 19.3. The van der Waals surface area contributed by atoms with E-state index in [1.165, 1.54) is 0 Å². The lowest BCUT2D eigenvalue weighted by atomic mass is 10.2. The average Bonchev–Trinajstić information content (AvgIpc) is 3.13. The molecular weight excluding hydrogens is 352 g/mol. The topological polar surface area (TPSA) is 64.4 Å². The molecule has 0 aliphatic rings. The summed E-state index contributed by atoms with van der Waals surface area (Å²) in [5.41, 5.74) is 4.28. The first-order chi connectivity index (χ1) is 13.7. The third-order valence-electron chi connectivity index (χ3n) is 4.30. The van der Waals surface area contributed by atoms with Crippen molar-refractivity contribution in [3.8, 4) is 17.2 Å². The van der Waals surface area contributed by atoms with E-state index in [4.69, 9.17) is 9.15 Å². The first-order valence-electron chi connectivity index (χ1n) is 9.13. The molecule has 1 heterocycles. The Morgan fingerprint density at radius 2 is 1.86 bits per heavy atom. The fraction of sp³-hybridized carbons (Fsp3) is 0.130. The molecule has 3 aromatic carbocycles. The molecule has 0 fully saturated rings. The highest BCUT2D eigenvalue weighted by atomic mass is 16.5. The molecule has 5 nitrogen and oxygen atoms in total. The maximum Gasteiger partial charge on any atom is 0.227 e. The zero-order valence-electron chi connectivity index (χ0n) is 15.5. The first-order valence-corrected chi connectivity index (χ1v) is 9.13. The number of amides is 1. The van der Waals surface area contributed by atoms with Gasteiger partial charge < -0.3 is 14.5 Å². The molecule has 1 N–H and O–H groups in total. The van der Waals surface area contributed by atoms with Crippen LogP contribution >= 0.6 is 0 Å². The molecule has 4 rings (SSSR count). The number of carbonyl (C=O) groups excluding carboxylic acids is 1. The standard InChI is InChI=1S/C23H20N2O3/c1-16-5-4-6-19(15-16)27-14-13-22(26)24-18-11-9-17(10-12-18)23-25-20-7-2-3-8-21(20)28-23/h2-12,15H,13-14H2,1H3,(H,24,26). The molecule has 0 unspecified atom stereocenters. The SMILES string of the molecule is Cc1cccc(OCCC(=O)Nc2ccc(-c3nc4ccccc4o3)cc2)c1.